The largest absolute Gasteiger partial charge is 0.488 e. The van der Waals surface area contributed by atoms with Crippen molar-refractivity contribution in [2.45, 2.75) is 20.0 Å². The van der Waals surface area contributed by atoms with E-state index in [1.165, 1.54) is 0 Å². The molecule has 3 rings (SSSR count). The molecule has 150 valence electrons. The van der Waals surface area contributed by atoms with Crippen molar-refractivity contribution in [1.29, 1.82) is 0 Å². The first-order valence-corrected chi connectivity index (χ1v) is 10.5. The van der Waals surface area contributed by atoms with Gasteiger partial charge in [0.05, 0.1) is 10.6 Å². The molecule has 0 saturated carbocycles. The van der Waals surface area contributed by atoms with Crippen LogP contribution in [0.4, 0.5) is 5.69 Å². The van der Waals surface area contributed by atoms with Gasteiger partial charge in [0, 0.05) is 22.7 Å². The highest BCUT2D eigenvalue weighted by Gasteiger charge is 2.12. The number of carbonyl (C=O) groups excluding carboxylic acids is 2. The Balaban J connectivity index is 1.64. The highest BCUT2D eigenvalue weighted by Crippen LogP contribution is 2.22. The van der Waals surface area contributed by atoms with E-state index in [0.29, 0.717) is 35.7 Å². The molecule has 0 spiro atoms. The standard InChI is InChI=1S/C22H21ClN2O3S/c1-2-10-24-22(27)19-9-8-16(13-20(19)23)25-21(26)15-5-3-6-17(12-15)28-14-18-7-4-11-29-18/h3-9,11-13H,2,10,14H2,1H3,(H,24,27)(H,25,26). The zero-order valence-corrected chi connectivity index (χ0v) is 17.5. The second kappa shape index (κ2) is 10.1. The maximum Gasteiger partial charge on any atom is 0.255 e. The van der Waals surface area contributed by atoms with E-state index in [4.69, 9.17) is 16.3 Å². The number of nitrogens with one attached hydrogen (secondary N) is 2. The van der Waals surface area contributed by atoms with Crippen molar-refractivity contribution in [2.75, 3.05) is 11.9 Å². The maximum absolute atomic E-state index is 12.6. The van der Waals surface area contributed by atoms with E-state index in [9.17, 15) is 9.59 Å². The molecule has 0 fully saturated rings. The molecule has 0 unspecified atom stereocenters. The molecule has 0 radical (unpaired) electrons. The van der Waals surface area contributed by atoms with Gasteiger partial charge in [-0.05, 0) is 54.3 Å². The van der Waals surface area contributed by atoms with E-state index in [-0.39, 0.29) is 16.8 Å². The van der Waals surface area contributed by atoms with Crippen LogP contribution in [0, 0.1) is 0 Å². The molecular weight excluding hydrogens is 408 g/mol. The number of carbonyl (C=O) groups is 2. The first-order valence-electron chi connectivity index (χ1n) is 9.21. The Morgan fingerprint density at radius 2 is 1.93 bits per heavy atom. The minimum absolute atomic E-state index is 0.231. The van der Waals surface area contributed by atoms with E-state index in [1.54, 1.807) is 47.7 Å². The summed E-state index contributed by atoms with van der Waals surface area (Å²) in [5.41, 5.74) is 1.36. The molecule has 5 nitrogen and oxygen atoms in total. The summed E-state index contributed by atoms with van der Waals surface area (Å²) in [6.07, 6.45) is 0.841. The van der Waals surface area contributed by atoms with Crippen molar-refractivity contribution < 1.29 is 14.3 Å². The van der Waals surface area contributed by atoms with Gasteiger partial charge in [0.25, 0.3) is 11.8 Å². The van der Waals surface area contributed by atoms with Crippen molar-refractivity contribution in [1.82, 2.24) is 5.32 Å². The summed E-state index contributed by atoms with van der Waals surface area (Å²) >= 11 is 7.83. The highest BCUT2D eigenvalue weighted by atomic mass is 35.5. The van der Waals surface area contributed by atoms with Crippen LogP contribution in [0.3, 0.4) is 0 Å². The minimum Gasteiger partial charge on any atom is -0.488 e. The van der Waals surface area contributed by atoms with Crippen molar-refractivity contribution in [3.05, 3.63) is 81.0 Å². The Morgan fingerprint density at radius 3 is 2.66 bits per heavy atom. The van der Waals surface area contributed by atoms with Gasteiger partial charge in [0.2, 0.25) is 0 Å². The Kier molecular flexibility index (Phi) is 7.27. The summed E-state index contributed by atoms with van der Waals surface area (Å²) in [6, 6.07) is 15.8. The first kappa shape index (κ1) is 20.9. The zero-order valence-electron chi connectivity index (χ0n) is 15.9. The van der Waals surface area contributed by atoms with Crippen molar-refractivity contribution >= 4 is 40.4 Å². The van der Waals surface area contributed by atoms with Gasteiger partial charge >= 0.3 is 0 Å². The lowest BCUT2D eigenvalue weighted by molar-refractivity contribution is 0.0953. The fourth-order valence-corrected chi connectivity index (χ4v) is 3.47. The van der Waals surface area contributed by atoms with Crippen LogP contribution in [0.2, 0.25) is 5.02 Å². The predicted molar refractivity (Wildman–Crippen MR) is 117 cm³/mol. The fourth-order valence-electron chi connectivity index (χ4n) is 2.59. The van der Waals surface area contributed by atoms with Crippen molar-refractivity contribution in [3.63, 3.8) is 0 Å². The van der Waals surface area contributed by atoms with Crippen LogP contribution in [-0.2, 0) is 6.61 Å². The molecule has 2 amide bonds. The van der Waals surface area contributed by atoms with Crippen LogP contribution in [-0.4, -0.2) is 18.4 Å². The molecule has 0 bridgehead atoms. The van der Waals surface area contributed by atoms with Gasteiger partial charge in [-0.3, -0.25) is 9.59 Å². The summed E-state index contributed by atoms with van der Waals surface area (Å²) in [6.45, 7) is 3.02. The minimum atomic E-state index is -0.286. The molecule has 7 heteroatoms. The molecule has 0 atom stereocenters. The third-order valence-corrected chi connectivity index (χ3v) is 5.23. The number of benzene rings is 2. The van der Waals surface area contributed by atoms with E-state index < -0.39 is 0 Å². The summed E-state index contributed by atoms with van der Waals surface area (Å²) in [5, 5.41) is 7.85. The fraction of sp³-hybridized carbons (Fsp3) is 0.182. The Hall–Kier alpha value is -2.83. The SMILES string of the molecule is CCCNC(=O)c1ccc(NC(=O)c2cccc(OCc3cccs3)c2)cc1Cl. The summed E-state index contributed by atoms with van der Waals surface area (Å²) < 4.78 is 5.75. The van der Waals surface area contributed by atoms with Gasteiger partial charge in [-0.15, -0.1) is 11.3 Å². The van der Waals surface area contributed by atoms with Gasteiger partial charge < -0.3 is 15.4 Å². The van der Waals surface area contributed by atoms with Crippen molar-refractivity contribution in [3.8, 4) is 5.75 Å². The highest BCUT2D eigenvalue weighted by molar-refractivity contribution is 7.09. The summed E-state index contributed by atoms with van der Waals surface area (Å²) in [7, 11) is 0. The van der Waals surface area contributed by atoms with Crippen LogP contribution in [0.5, 0.6) is 5.75 Å². The molecule has 1 aromatic heterocycles. The molecular formula is C22H21ClN2O3S. The molecule has 0 aliphatic heterocycles. The Morgan fingerprint density at radius 1 is 1.07 bits per heavy atom. The van der Waals surface area contributed by atoms with Gasteiger partial charge in [-0.2, -0.15) is 0 Å². The van der Waals surface area contributed by atoms with E-state index in [2.05, 4.69) is 10.6 Å². The van der Waals surface area contributed by atoms with E-state index in [1.807, 2.05) is 30.5 Å². The summed E-state index contributed by atoms with van der Waals surface area (Å²) in [5.74, 6) is 0.100. The lowest BCUT2D eigenvalue weighted by Gasteiger charge is -2.10. The quantitative estimate of drug-likeness (QED) is 0.506. The van der Waals surface area contributed by atoms with E-state index >= 15 is 0 Å². The van der Waals surface area contributed by atoms with Crippen LogP contribution < -0.4 is 15.4 Å². The van der Waals surface area contributed by atoms with Gasteiger partial charge in [0.1, 0.15) is 12.4 Å². The molecule has 0 saturated heterocycles. The van der Waals surface area contributed by atoms with Gasteiger partial charge in [0.15, 0.2) is 0 Å². The third kappa shape index (κ3) is 5.82. The Bertz CT molecular complexity index is 989. The van der Waals surface area contributed by atoms with Gasteiger partial charge in [-0.1, -0.05) is 30.7 Å². The lowest BCUT2D eigenvalue weighted by atomic mass is 10.1. The average Bonchev–Trinajstić information content (AvgIpc) is 3.24. The van der Waals surface area contributed by atoms with Crippen LogP contribution in [0.1, 0.15) is 38.9 Å². The summed E-state index contributed by atoms with van der Waals surface area (Å²) in [4.78, 5) is 25.8. The van der Waals surface area contributed by atoms with Crippen LogP contribution in [0.15, 0.2) is 60.0 Å². The topological polar surface area (TPSA) is 67.4 Å². The number of ether oxygens (including phenoxy) is 1. The number of amides is 2. The third-order valence-electron chi connectivity index (χ3n) is 4.06. The molecule has 0 aliphatic carbocycles. The number of anilines is 1. The predicted octanol–water partition coefficient (Wildman–Crippen LogP) is 5.37. The second-order valence-electron chi connectivity index (χ2n) is 6.30. The average molecular weight is 429 g/mol. The monoisotopic (exact) mass is 428 g/mol. The molecule has 3 aromatic rings. The Labute approximate surface area is 178 Å². The molecule has 1 heterocycles. The number of rotatable bonds is 8. The number of halogens is 1. The lowest BCUT2D eigenvalue weighted by Crippen LogP contribution is -2.24. The van der Waals surface area contributed by atoms with Crippen LogP contribution in [0.25, 0.3) is 0 Å². The normalized spacial score (nSPS) is 10.4. The molecule has 2 N–H and O–H groups in total. The smallest absolute Gasteiger partial charge is 0.255 e. The van der Waals surface area contributed by atoms with Crippen LogP contribution >= 0.6 is 22.9 Å². The molecule has 2 aromatic carbocycles. The molecule has 29 heavy (non-hydrogen) atoms. The van der Waals surface area contributed by atoms with Gasteiger partial charge in [-0.25, -0.2) is 0 Å². The number of hydrogen-bond acceptors (Lipinski definition) is 4. The first-order chi connectivity index (χ1) is 14.1. The van der Waals surface area contributed by atoms with Crippen molar-refractivity contribution in [2.24, 2.45) is 0 Å². The van der Waals surface area contributed by atoms with E-state index in [0.717, 1.165) is 11.3 Å². The maximum atomic E-state index is 12.6. The number of hydrogen-bond donors (Lipinski definition) is 2. The molecule has 0 aliphatic rings. The zero-order chi connectivity index (χ0) is 20.6. The second-order valence-corrected chi connectivity index (χ2v) is 7.74. The number of thiophene rings is 1.